The number of hydrogen-bond acceptors (Lipinski definition) is 2. The van der Waals surface area contributed by atoms with Crippen molar-refractivity contribution in [1.82, 2.24) is 4.31 Å². The lowest BCUT2D eigenvalue weighted by atomic mass is 10.1. The summed E-state index contributed by atoms with van der Waals surface area (Å²) in [4.78, 5) is 0. The first-order valence-electron chi connectivity index (χ1n) is 5.32. The second kappa shape index (κ2) is 3.91. The highest BCUT2D eigenvalue weighted by Crippen LogP contribution is 2.33. The largest absolute Gasteiger partial charge is 0.219 e. The fourth-order valence-electron chi connectivity index (χ4n) is 1.46. The molecule has 3 nitrogen and oxygen atoms in total. The molecular weight excluding hydrogens is 210 g/mol. The van der Waals surface area contributed by atoms with E-state index in [1.165, 1.54) is 0 Å². The predicted molar refractivity (Wildman–Crippen MR) is 63.2 cm³/mol. The van der Waals surface area contributed by atoms with Gasteiger partial charge in [-0.1, -0.05) is 5.57 Å². The molecule has 0 aromatic carbocycles. The van der Waals surface area contributed by atoms with Gasteiger partial charge in [0.15, 0.2) is 0 Å². The molecule has 0 aliphatic carbocycles. The number of sulfonamides is 1. The van der Waals surface area contributed by atoms with Gasteiger partial charge in [-0.25, -0.2) is 8.42 Å². The zero-order chi connectivity index (χ0) is 11.9. The molecule has 0 radical (unpaired) electrons. The molecule has 0 aromatic rings. The molecule has 4 heteroatoms. The van der Waals surface area contributed by atoms with Crippen LogP contribution >= 0.6 is 0 Å². The Hall–Kier alpha value is -0.350. The Balaban J connectivity index is 2.54. The van der Waals surface area contributed by atoms with Crippen molar-refractivity contribution in [2.75, 3.05) is 6.54 Å². The first-order valence-corrected chi connectivity index (χ1v) is 6.76. The van der Waals surface area contributed by atoms with Crippen molar-refractivity contribution in [3.8, 4) is 0 Å². The molecule has 0 N–H and O–H groups in total. The lowest BCUT2D eigenvalue weighted by molar-refractivity contribution is 0.512. The Morgan fingerprint density at radius 1 is 1.47 bits per heavy atom. The molecule has 0 spiro atoms. The minimum Gasteiger partial charge on any atom is -0.212 e. The Kier molecular flexibility index (Phi) is 3.31. The van der Waals surface area contributed by atoms with Crippen molar-refractivity contribution in [1.29, 1.82) is 0 Å². The average Bonchev–Trinajstić information content (AvgIpc) is 2.77. The lowest BCUT2D eigenvalue weighted by Crippen LogP contribution is -2.34. The third-order valence-corrected chi connectivity index (χ3v) is 5.26. The molecule has 1 aliphatic rings. The molecule has 0 saturated carbocycles. The maximum atomic E-state index is 12.0. The Morgan fingerprint density at radius 3 is 2.40 bits per heavy atom. The van der Waals surface area contributed by atoms with Crippen molar-refractivity contribution in [3.05, 3.63) is 12.2 Å². The molecule has 1 fully saturated rings. The van der Waals surface area contributed by atoms with Crippen LogP contribution in [-0.4, -0.2) is 30.1 Å². The van der Waals surface area contributed by atoms with Crippen molar-refractivity contribution in [2.24, 2.45) is 0 Å². The maximum absolute atomic E-state index is 12.0. The van der Waals surface area contributed by atoms with Crippen molar-refractivity contribution >= 4 is 10.0 Å². The predicted octanol–water partition coefficient (Wildman–Crippen LogP) is 2.16. The van der Waals surface area contributed by atoms with Crippen LogP contribution in [0.2, 0.25) is 0 Å². The van der Waals surface area contributed by atoms with Crippen LogP contribution in [0.3, 0.4) is 0 Å². The van der Waals surface area contributed by atoms with Crippen LogP contribution in [0.25, 0.3) is 0 Å². The minimum atomic E-state index is -3.10. The average molecular weight is 231 g/mol. The van der Waals surface area contributed by atoms with Crippen molar-refractivity contribution < 1.29 is 8.42 Å². The standard InChI is InChI=1S/C11H21NO2S/c1-9(2)6-7-10-8-12(10)15(13,14)11(3,4)5/h10H,1,6-8H2,2-5H3. The first kappa shape index (κ1) is 12.7. The van der Waals surface area contributed by atoms with E-state index in [-0.39, 0.29) is 6.04 Å². The smallest absolute Gasteiger partial charge is 0.212 e. The summed E-state index contributed by atoms with van der Waals surface area (Å²) < 4.78 is 24.9. The Bertz CT molecular complexity index is 351. The van der Waals surface area contributed by atoms with Gasteiger partial charge in [-0.3, -0.25) is 0 Å². The fraction of sp³-hybridized carbons (Fsp3) is 0.818. The van der Waals surface area contributed by atoms with Gasteiger partial charge in [0.2, 0.25) is 10.0 Å². The maximum Gasteiger partial charge on any atom is 0.219 e. The number of rotatable bonds is 4. The van der Waals surface area contributed by atoms with E-state index in [1.54, 1.807) is 25.1 Å². The number of hydrogen-bond donors (Lipinski definition) is 0. The highest BCUT2D eigenvalue weighted by molar-refractivity contribution is 7.90. The van der Waals surface area contributed by atoms with Crippen LogP contribution in [0.1, 0.15) is 40.5 Å². The summed E-state index contributed by atoms with van der Waals surface area (Å²) in [5.74, 6) is 0. The minimum absolute atomic E-state index is 0.214. The van der Waals surface area contributed by atoms with E-state index in [0.717, 1.165) is 18.4 Å². The summed E-state index contributed by atoms with van der Waals surface area (Å²) >= 11 is 0. The quantitative estimate of drug-likeness (QED) is 0.549. The van der Waals surface area contributed by atoms with Gasteiger partial charge in [-0.15, -0.1) is 6.58 Å². The van der Waals surface area contributed by atoms with Gasteiger partial charge >= 0.3 is 0 Å². The third kappa shape index (κ3) is 2.82. The first-order chi connectivity index (χ1) is 6.66. The van der Waals surface area contributed by atoms with Crippen LogP contribution in [-0.2, 0) is 10.0 Å². The molecular formula is C11H21NO2S. The van der Waals surface area contributed by atoms with Crippen LogP contribution in [0.4, 0.5) is 0 Å². The summed E-state index contributed by atoms with van der Waals surface area (Å²) in [6, 6.07) is 0.214. The molecule has 2 atom stereocenters. The Labute approximate surface area is 93.2 Å². The number of nitrogens with zero attached hydrogens (tertiary/aromatic N) is 1. The summed E-state index contributed by atoms with van der Waals surface area (Å²) in [7, 11) is -3.10. The van der Waals surface area contributed by atoms with E-state index in [2.05, 4.69) is 6.58 Å². The summed E-state index contributed by atoms with van der Waals surface area (Å²) in [5, 5.41) is 0. The third-order valence-electron chi connectivity index (χ3n) is 2.65. The van der Waals surface area contributed by atoms with E-state index >= 15 is 0 Å². The second-order valence-electron chi connectivity index (χ2n) is 5.34. The fourth-order valence-corrected chi connectivity index (χ4v) is 3.02. The van der Waals surface area contributed by atoms with Crippen molar-refractivity contribution in [3.63, 3.8) is 0 Å². The molecule has 1 saturated heterocycles. The van der Waals surface area contributed by atoms with Crippen LogP contribution in [0.15, 0.2) is 12.2 Å². The van der Waals surface area contributed by atoms with Crippen molar-refractivity contribution in [2.45, 2.75) is 51.3 Å². The molecule has 0 amide bonds. The molecule has 0 aromatic heterocycles. The molecule has 1 rings (SSSR count). The zero-order valence-electron chi connectivity index (χ0n) is 10.1. The monoisotopic (exact) mass is 231 g/mol. The van der Waals surface area contributed by atoms with Crippen LogP contribution in [0.5, 0.6) is 0 Å². The van der Waals surface area contributed by atoms with Gasteiger partial charge in [0.25, 0.3) is 0 Å². The van der Waals surface area contributed by atoms with Crippen LogP contribution in [0, 0.1) is 0 Å². The van der Waals surface area contributed by atoms with E-state index in [4.69, 9.17) is 0 Å². The van der Waals surface area contributed by atoms with Gasteiger partial charge in [0, 0.05) is 12.6 Å². The highest BCUT2D eigenvalue weighted by Gasteiger charge is 2.48. The molecule has 1 aliphatic heterocycles. The zero-order valence-corrected chi connectivity index (χ0v) is 10.9. The van der Waals surface area contributed by atoms with E-state index < -0.39 is 14.8 Å². The van der Waals surface area contributed by atoms with Gasteiger partial charge in [-0.05, 0) is 40.5 Å². The van der Waals surface area contributed by atoms with E-state index in [1.807, 2.05) is 6.92 Å². The number of allylic oxidation sites excluding steroid dienone is 1. The summed E-state index contributed by atoms with van der Waals surface area (Å²) in [6.45, 7) is 11.7. The summed E-state index contributed by atoms with van der Waals surface area (Å²) in [6.07, 6.45) is 1.82. The van der Waals surface area contributed by atoms with Gasteiger partial charge < -0.3 is 0 Å². The topological polar surface area (TPSA) is 37.1 Å². The van der Waals surface area contributed by atoms with Gasteiger partial charge in [0.05, 0.1) is 4.75 Å². The lowest BCUT2D eigenvalue weighted by Gasteiger charge is -2.20. The molecule has 88 valence electrons. The second-order valence-corrected chi connectivity index (χ2v) is 7.98. The molecule has 1 heterocycles. The van der Waals surface area contributed by atoms with Crippen LogP contribution < -0.4 is 0 Å². The SMILES string of the molecule is C=C(C)CCC1CN1S(=O)(=O)C(C)(C)C. The summed E-state index contributed by atoms with van der Waals surface area (Å²) in [5.41, 5.74) is 1.12. The van der Waals surface area contributed by atoms with Gasteiger partial charge in [0.1, 0.15) is 0 Å². The Morgan fingerprint density at radius 2 is 2.00 bits per heavy atom. The molecule has 0 bridgehead atoms. The molecule has 2 unspecified atom stereocenters. The molecule has 15 heavy (non-hydrogen) atoms. The normalized spacial score (nSPS) is 26.4. The highest BCUT2D eigenvalue weighted by atomic mass is 32.2. The van der Waals surface area contributed by atoms with E-state index in [9.17, 15) is 8.42 Å². The van der Waals surface area contributed by atoms with Gasteiger partial charge in [-0.2, -0.15) is 4.31 Å². The van der Waals surface area contributed by atoms with E-state index in [0.29, 0.717) is 6.54 Å².